The van der Waals surface area contributed by atoms with E-state index in [1.54, 1.807) is 6.92 Å². The molecule has 1 aromatic rings. The van der Waals surface area contributed by atoms with Crippen molar-refractivity contribution in [3.8, 4) is 0 Å². The van der Waals surface area contributed by atoms with Gasteiger partial charge in [-0.05, 0) is 14.0 Å². The summed E-state index contributed by atoms with van der Waals surface area (Å²) in [6, 6.07) is -0.491. The molecule has 1 rings (SSSR count). The van der Waals surface area contributed by atoms with Crippen LogP contribution in [0.2, 0.25) is 0 Å². The fraction of sp³-hybridized carbons (Fsp3) is 0.800. The second kappa shape index (κ2) is 5.66. The van der Waals surface area contributed by atoms with Gasteiger partial charge in [0.1, 0.15) is 0 Å². The van der Waals surface area contributed by atoms with Crippen LogP contribution in [0.1, 0.15) is 31.7 Å². The highest BCUT2D eigenvalue weighted by atomic mass is 19.4. The summed E-state index contributed by atoms with van der Waals surface area (Å²) >= 11 is 0. The Morgan fingerprint density at radius 2 is 2.00 bits per heavy atom. The third-order valence-electron chi connectivity index (χ3n) is 2.64. The van der Waals surface area contributed by atoms with Crippen LogP contribution in [0.15, 0.2) is 4.42 Å². The van der Waals surface area contributed by atoms with E-state index in [0.717, 1.165) is 0 Å². The number of halogens is 3. The third kappa shape index (κ3) is 3.67. The number of aliphatic hydroxyl groups is 1. The van der Waals surface area contributed by atoms with E-state index in [2.05, 4.69) is 10.2 Å². The van der Waals surface area contributed by atoms with Gasteiger partial charge in [-0.15, -0.1) is 10.2 Å². The molecule has 0 radical (unpaired) electrons. The zero-order chi connectivity index (χ0) is 13.9. The maximum atomic E-state index is 12.2. The van der Waals surface area contributed by atoms with Gasteiger partial charge in [-0.1, -0.05) is 6.92 Å². The minimum atomic E-state index is -4.63. The molecule has 2 unspecified atom stereocenters. The molecule has 0 aromatic carbocycles. The molecule has 2 atom stereocenters. The Bertz CT molecular complexity index is 381. The van der Waals surface area contributed by atoms with Gasteiger partial charge in [0.2, 0.25) is 11.8 Å². The van der Waals surface area contributed by atoms with Gasteiger partial charge >= 0.3 is 6.18 Å². The molecule has 0 saturated heterocycles. The Labute approximate surface area is 103 Å². The van der Waals surface area contributed by atoms with Gasteiger partial charge in [0.15, 0.2) is 6.10 Å². The van der Waals surface area contributed by atoms with Crippen molar-refractivity contribution in [2.24, 2.45) is 0 Å². The van der Waals surface area contributed by atoms with Gasteiger partial charge in [0.25, 0.3) is 0 Å². The molecule has 18 heavy (non-hydrogen) atoms. The summed E-state index contributed by atoms with van der Waals surface area (Å²) < 4.78 is 41.9. The van der Waals surface area contributed by atoms with Crippen LogP contribution < -0.4 is 0 Å². The van der Waals surface area contributed by atoms with Gasteiger partial charge in [0, 0.05) is 13.0 Å². The van der Waals surface area contributed by atoms with Crippen LogP contribution in [0.25, 0.3) is 0 Å². The SMILES string of the molecule is CCc1nnc(C(C)N(C)CC(O)C(F)(F)F)o1. The number of alkyl halides is 3. The van der Waals surface area contributed by atoms with Gasteiger partial charge < -0.3 is 9.52 Å². The highest BCUT2D eigenvalue weighted by molar-refractivity contribution is 4.89. The maximum absolute atomic E-state index is 12.2. The van der Waals surface area contributed by atoms with Gasteiger partial charge in [-0.25, -0.2) is 0 Å². The fourth-order valence-corrected chi connectivity index (χ4v) is 1.30. The monoisotopic (exact) mass is 267 g/mol. The number of aromatic nitrogens is 2. The second-order valence-corrected chi connectivity index (χ2v) is 4.06. The van der Waals surface area contributed by atoms with E-state index in [1.165, 1.54) is 11.9 Å². The summed E-state index contributed by atoms with van der Waals surface area (Å²) in [5.74, 6) is 0.672. The van der Waals surface area contributed by atoms with Crippen molar-refractivity contribution in [1.82, 2.24) is 15.1 Å². The topological polar surface area (TPSA) is 62.4 Å². The summed E-state index contributed by atoms with van der Waals surface area (Å²) in [5, 5.41) is 16.5. The number of aryl methyl sites for hydroxylation is 1. The largest absolute Gasteiger partial charge is 0.424 e. The Kier molecular flexibility index (Phi) is 4.69. The highest BCUT2D eigenvalue weighted by Crippen LogP contribution is 2.23. The van der Waals surface area contributed by atoms with Crippen molar-refractivity contribution in [3.05, 3.63) is 11.8 Å². The van der Waals surface area contributed by atoms with Crippen LogP contribution in [0.4, 0.5) is 13.2 Å². The van der Waals surface area contributed by atoms with E-state index in [9.17, 15) is 13.2 Å². The zero-order valence-electron chi connectivity index (χ0n) is 10.4. The van der Waals surface area contributed by atoms with Gasteiger partial charge in [-0.3, -0.25) is 4.90 Å². The Morgan fingerprint density at radius 3 is 2.44 bits per heavy atom. The van der Waals surface area contributed by atoms with E-state index >= 15 is 0 Å². The minimum absolute atomic E-state index is 0.240. The van der Waals surface area contributed by atoms with Crippen molar-refractivity contribution in [1.29, 1.82) is 0 Å². The van der Waals surface area contributed by atoms with Gasteiger partial charge in [-0.2, -0.15) is 13.2 Å². The van der Waals surface area contributed by atoms with Crippen LogP contribution in [0.3, 0.4) is 0 Å². The fourth-order valence-electron chi connectivity index (χ4n) is 1.30. The second-order valence-electron chi connectivity index (χ2n) is 4.06. The molecule has 1 N–H and O–H groups in total. The number of hydrogen-bond donors (Lipinski definition) is 1. The van der Waals surface area contributed by atoms with E-state index < -0.39 is 24.9 Å². The first-order valence-electron chi connectivity index (χ1n) is 5.53. The van der Waals surface area contributed by atoms with Crippen LogP contribution in [-0.2, 0) is 6.42 Å². The molecule has 104 valence electrons. The van der Waals surface area contributed by atoms with Crippen LogP contribution >= 0.6 is 0 Å². The lowest BCUT2D eigenvalue weighted by molar-refractivity contribution is -0.208. The summed E-state index contributed by atoms with van der Waals surface area (Å²) in [4.78, 5) is 1.31. The summed E-state index contributed by atoms with van der Waals surface area (Å²) in [6.45, 7) is 2.92. The molecule has 0 aliphatic rings. The molecule has 1 heterocycles. The van der Waals surface area contributed by atoms with Crippen molar-refractivity contribution >= 4 is 0 Å². The number of hydrogen-bond acceptors (Lipinski definition) is 5. The molecular formula is C10H16F3N3O2. The maximum Gasteiger partial charge on any atom is 0.415 e. The number of likely N-dealkylation sites (N-methyl/N-ethyl adjacent to an activating group) is 1. The average molecular weight is 267 g/mol. The van der Waals surface area contributed by atoms with E-state index in [0.29, 0.717) is 12.3 Å². The quantitative estimate of drug-likeness (QED) is 0.877. The van der Waals surface area contributed by atoms with Crippen LogP contribution in [0, 0.1) is 0 Å². The molecule has 0 bridgehead atoms. The molecule has 0 saturated carbocycles. The summed E-state index contributed by atoms with van der Waals surface area (Å²) in [6.07, 6.45) is -6.45. The molecule has 0 aliphatic heterocycles. The predicted octanol–water partition coefficient (Wildman–Crippen LogP) is 1.55. The van der Waals surface area contributed by atoms with Crippen molar-refractivity contribution in [2.45, 2.75) is 38.6 Å². The molecule has 1 aromatic heterocycles. The standard InChI is InChI=1S/C10H16F3N3O2/c1-4-8-14-15-9(18-8)6(2)16(3)5-7(17)10(11,12)13/h6-7,17H,4-5H2,1-3H3. The van der Waals surface area contributed by atoms with Crippen molar-refractivity contribution < 1.29 is 22.7 Å². The summed E-state index contributed by atoms with van der Waals surface area (Å²) in [5.41, 5.74) is 0. The predicted molar refractivity (Wildman–Crippen MR) is 56.8 cm³/mol. The first-order chi connectivity index (χ1) is 8.25. The van der Waals surface area contributed by atoms with Crippen LogP contribution in [0.5, 0.6) is 0 Å². The lowest BCUT2D eigenvalue weighted by atomic mass is 10.2. The first-order valence-corrected chi connectivity index (χ1v) is 5.53. The Balaban J connectivity index is 2.63. The average Bonchev–Trinajstić information content (AvgIpc) is 2.74. The Morgan fingerprint density at radius 1 is 1.39 bits per heavy atom. The number of rotatable bonds is 5. The van der Waals surface area contributed by atoms with E-state index in [-0.39, 0.29) is 5.89 Å². The van der Waals surface area contributed by atoms with Crippen molar-refractivity contribution in [3.63, 3.8) is 0 Å². The number of aliphatic hydroxyl groups excluding tert-OH is 1. The molecule has 8 heteroatoms. The van der Waals surface area contributed by atoms with Gasteiger partial charge in [0.05, 0.1) is 6.04 Å². The zero-order valence-corrected chi connectivity index (χ0v) is 10.4. The molecule has 5 nitrogen and oxygen atoms in total. The molecule has 0 spiro atoms. The third-order valence-corrected chi connectivity index (χ3v) is 2.64. The van der Waals surface area contributed by atoms with E-state index in [1.807, 2.05) is 6.92 Å². The minimum Gasteiger partial charge on any atom is -0.424 e. The van der Waals surface area contributed by atoms with Crippen molar-refractivity contribution in [2.75, 3.05) is 13.6 Å². The molecule has 0 fully saturated rings. The molecular weight excluding hydrogens is 251 g/mol. The molecule has 0 amide bonds. The van der Waals surface area contributed by atoms with E-state index in [4.69, 9.17) is 9.52 Å². The van der Waals surface area contributed by atoms with Crippen LogP contribution in [-0.4, -0.2) is 46.1 Å². The molecule has 0 aliphatic carbocycles. The lowest BCUT2D eigenvalue weighted by Gasteiger charge is -2.25. The highest BCUT2D eigenvalue weighted by Gasteiger charge is 2.39. The number of nitrogens with zero attached hydrogens (tertiary/aromatic N) is 3. The normalized spacial score (nSPS) is 16.0. The Hall–Kier alpha value is -1.15. The smallest absolute Gasteiger partial charge is 0.415 e. The first kappa shape index (κ1) is 14.9. The lowest BCUT2D eigenvalue weighted by Crippen LogP contribution is -2.40. The summed E-state index contributed by atoms with van der Waals surface area (Å²) in [7, 11) is 1.45.